The van der Waals surface area contributed by atoms with Crippen LogP contribution in [0.2, 0.25) is 0 Å². The zero-order valence-electron chi connectivity index (χ0n) is 14.8. The molecule has 25 heavy (non-hydrogen) atoms. The molecule has 0 spiro atoms. The van der Waals surface area contributed by atoms with Crippen molar-refractivity contribution in [3.05, 3.63) is 54.1 Å². The van der Waals surface area contributed by atoms with E-state index in [1.807, 2.05) is 47.7 Å². The van der Waals surface area contributed by atoms with Crippen LogP contribution in [-0.4, -0.2) is 51.7 Å². The monoisotopic (exact) mass is 342 g/mol. The highest BCUT2D eigenvalue weighted by Gasteiger charge is 2.29. The van der Waals surface area contributed by atoms with E-state index in [0.717, 1.165) is 12.2 Å². The standard InChI is InChI=1S/C19H26N4O2/c1-14-9-23(10-15(2)25-14)19(24)18(20)8-17-12-22(13-21-17)11-16-6-4-3-5-7-16/h3-7,12-15,18H,8-11,20H2,1-2H3/t14-,15-,18+/m1/s1. The second-order valence-corrected chi connectivity index (χ2v) is 6.83. The van der Waals surface area contributed by atoms with Crippen molar-refractivity contribution in [1.82, 2.24) is 14.5 Å². The maximum atomic E-state index is 12.6. The lowest BCUT2D eigenvalue weighted by Gasteiger charge is -2.36. The maximum absolute atomic E-state index is 12.6. The van der Waals surface area contributed by atoms with Gasteiger partial charge in [0.05, 0.1) is 30.3 Å². The van der Waals surface area contributed by atoms with E-state index in [4.69, 9.17) is 10.5 Å². The third kappa shape index (κ3) is 4.67. The molecule has 134 valence electrons. The van der Waals surface area contributed by atoms with Crippen molar-refractivity contribution in [3.8, 4) is 0 Å². The molecule has 2 heterocycles. The van der Waals surface area contributed by atoms with E-state index in [-0.39, 0.29) is 18.1 Å². The summed E-state index contributed by atoms with van der Waals surface area (Å²) in [5.41, 5.74) is 8.20. The van der Waals surface area contributed by atoms with Gasteiger partial charge in [-0.05, 0) is 19.4 Å². The Morgan fingerprint density at radius 3 is 2.64 bits per heavy atom. The summed E-state index contributed by atoms with van der Waals surface area (Å²) >= 11 is 0. The van der Waals surface area contributed by atoms with Crippen LogP contribution in [0.5, 0.6) is 0 Å². The molecule has 0 aliphatic carbocycles. The molecule has 3 rings (SSSR count). The van der Waals surface area contributed by atoms with Crippen LogP contribution in [0.3, 0.4) is 0 Å². The van der Waals surface area contributed by atoms with Crippen LogP contribution in [0.15, 0.2) is 42.9 Å². The molecule has 2 aromatic rings. The Kier molecular flexibility index (Phi) is 5.50. The van der Waals surface area contributed by atoms with Gasteiger partial charge >= 0.3 is 0 Å². The van der Waals surface area contributed by atoms with E-state index in [1.54, 1.807) is 6.33 Å². The summed E-state index contributed by atoms with van der Waals surface area (Å²) < 4.78 is 7.69. The molecule has 1 aliphatic rings. The molecule has 1 aromatic heterocycles. The van der Waals surface area contributed by atoms with E-state index in [9.17, 15) is 4.79 Å². The van der Waals surface area contributed by atoms with E-state index < -0.39 is 6.04 Å². The number of ether oxygens (including phenoxy) is 1. The Bertz CT molecular complexity index is 690. The Morgan fingerprint density at radius 2 is 1.96 bits per heavy atom. The van der Waals surface area contributed by atoms with Crippen molar-refractivity contribution in [1.29, 1.82) is 0 Å². The molecule has 1 fully saturated rings. The number of rotatable bonds is 5. The summed E-state index contributed by atoms with van der Waals surface area (Å²) in [6.45, 7) is 5.91. The van der Waals surface area contributed by atoms with Gasteiger partial charge in [-0.25, -0.2) is 4.98 Å². The maximum Gasteiger partial charge on any atom is 0.240 e. The minimum absolute atomic E-state index is 0.0281. The topological polar surface area (TPSA) is 73.4 Å². The molecule has 6 heteroatoms. The zero-order chi connectivity index (χ0) is 17.8. The molecule has 1 saturated heterocycles. The minimum atomic E-state index is -0.572. The Labute approximate surface area is 148 Å². The summed E-state index contributed by atoms with van der Waals surface area (Å²) in [4.78, 5) is 18.8. The lowest BCUT2D eigenvalue weighted by molar-refractivity contribution is -0.144. The number of benzene rings is 1. The third-order valence-electron chi connectivity index (χ3n) is 4.37. The normalized spacial score (nSPS) is 22.0. The summed E-state index contributed by atoms with van der Waals surface area (Å²) in [6.07, 6.45) is 4.29. The quantitative estimate of drug-likeness (QED) is 0.892. The highest BCUT2D eigenvalue weighted by atomic mass is 16.5. The van der Waals surface area contributed by atoms with Gasteiger partial charge < -0.3 is 19.9 Å². The summed E-state index contributed by atoms with van der Waals surface area (Å²) in [5, 5.41) is 0. The fraction of sp³-hybridized carbons (Fsp3) is 0.474. The lowest BCUT2D eigenvalue weighted by atomic mass is 10.1. The van der Waals surface area contributed by atoms with Gasteiger partial charge in [-0.2, -0.15) is 0 Å². The number of nitrogens with zero attached hydrogens (tertiary/aromatic N) is 3. The molecule has 6 nitrogen and oxygen atoms in total. The number of carbonyl (C=O) groups excluding carboxylic acids is 1. The number of carbonyl (C=O) groups is 1. The van der Waals surface area contributed by atoms with Crippen molar-refractivity contribution in [2.75, 3.05) is 13.1 Å². The van der Waals surface area contributed by atoms with Gasteiger partial charge in [0.2, 0.25) is 5.91 Å². The largest absolute Gasteiger partial charge is 0.372 e. The smallest absolute Gasteiger partial charge is 0.240 e. The number of morpholine rings is 1. The number of imidazole rings is 1. The second kappa shape index (κ2) is 7.80. The molecule has 1 aliphatic heterocycles. The Morgan fingerprint density at radius 1 is 1.28 bits per heavy atom. The summed E-state index contributed by atoms with van der Waals surface area (Å²) in [5.74, 6) is -0.0281. The predicted molar refractivity (Wildman–Crippen MR) is 96.0 cm³/mol. The molecule has 3 atom stereocenters. The first-order chi connectivity index (χ1) is 12.0. The van der Waals surface area contributed by atoms with Gasteiger partial charge in [0.25, 0.3) is 0 Å². The van der Waals surface area contributed by atoms with Gasteiger partial charge in [0.1, 0.15) is 0 Å². The van der Waals surface area contributed by atoms with E-state index in [2.05, 4.69) is 17.1 Å². The van der Waals surface area contributed by atoms with Gasteiger partial charge in [0, 0.05) is 32.3 Å². The van der Waals surface area contributed by atoms with Crippen LogP contribution >= 0.6 is 0 Å². The van der Waals surface area contributed by atoms with Gasteiger partial charge in [0.15, 0.2) is 0 Å². The fourth-order valence-corrected chi connectivity index (χ4v) is 3.30. The average molecular weight is 342 g/mol. The first kappa shape index (κ1) is 17.6. The number of hydrogen-bond acceptors (Lipinski definition) is 4. The number of nitrogens with two attached hydrogens (primary N) is 1. The van der Waals surface area contributed by atoms with E-state index >= 15 is 0 Å². The molecular formula is C19H26N4O2. The predicted octanol–water partition coefficient (Wildman–Crippen LogP) is 1.44. The van der Waals surface area contributed by atoms with Crippen molar-refractivity contribution >= 4 is 5.91 Å². The minimum Gasteiger partial charge on any atom is -0.372 e. The van der Waals surface area contributed by atoms with E-state index in [0.29, 0.717) is 19.5 Å². The molecule has 2 N–H and O–H groups in total. The van der Waals surface area contributed by atoms with Gasteiger partial charge in [-0.3, -0.25) is 4.79 Å². The van der Waals surface area contributed by atoms with Crippen molar-refractivity contribution < 1.29 is 9.53 Å². The molecule has 0 saturated carbocycles. The van der Waals surface area contributed by atoms with Crippen molar-refractivity contribution in [3.63, 3.8) is 0 Å². The Balaban J connectivity index is 1.57. The third-order valence-corrected chi connectivity index (χ3v) is 4.37. The first-order valence-electron chi connectivity index (χ1n) is 8.75. The summed E-state index contributed by atoms with van der Waals surface area (Å²) in [7, 11) is 0. The fourth-order valence-electron chi connectivity index (χ4n) is 3.30. The highest BCUT2D eigenvalue weighted by molar-refractivity contribution is 5.82. The van der Waals surface area contributed by atoms with Crippen molar-refractivity contribution in [2.24, 2.45) is 5.73 Å². The number of amides is 1. The molecule has 0 radical (unpaired) electrons. The molecule has 0 unspecified atom stereocenters. The number of hydrogen-bond donors (Lipinski definition) is 1. The molecule has 1 aromatic carbocycles. The number of aromatic nitrogens is 2. The Hall–Kier alpha value is -2.18. The molecule has 1 amide bonds. The second-order valence-electron chi connectivity index (χ2n) is 6.83. The van der Waals surface area contributed by atoms with Gasteiger partial charge in [-0.1, -0.05) is 30.3 Å². The van der Waals surface area contributed by atoms with Crippen LogP contribution in [-0.2, 0) is 22.5 Å². The molecular weight excluding hydrogens is 316 g/mol. The van der Waals surface area contributed by atoms with Crippen LogP contribution < -0.4 is 5.73 Å². The van der Waals surface area contributed by atoms with Crippen molar-refractivity contribution in [2.45, 2.75) is 45.1 Å². The van der Waals surface area contributed by atoms with Gasteiger partial charge in [-0.15, -0.1) is 0 Å². The average Bonchev–Trinajstić information content (AvgIpc) is 3.01. The first-order valence-corrected chi connectivity index (χ1v) is 8.75. The van der Waals surface area contributed by atoms with Crippen LogP contribution in [0.25, 0.3) is 0 Å². The zero-order valence-corrected chi connectivity index (χ0v) is 14.8. The lowest BCUT2D eigenvalue weighted by Crippen LogP contribution is -2.53. The van der Waals surface area contributed by atoms with Crippen LogP contribution in [0.1, 0.15) is 25.1 Å². The van der Waals surface area contributed by atoms with Crippen LogP contribution in [0, 0.1) is 0 Å². The highest BCUT2D eigenvalue weighted by Crippen LogP contribution is 2.13. The van der Waals surface area contributed by atoms with E-state index in [1.165, 1.54) is 5.56 Å². The molecule has 0 bridgehead atoms. The summed E-state index contributed by atoms with van der Waals surface area (Å²) in [6, 6.07) is 9.63. The van der Waals surface area contributed by atoms with Crippen LogP contribution in [0.4, 0.5) is 0 Å². The SMILES string of the molecule is C[C@@H]1CN(C(=O)[C@@H](N)Cc2cn(Cc3ccccc3)cn2)C[C@@H](C)O1.